The molecule has 0 bridgehead atoms. The molecule has 1 aliphatic carbocycles. The van der Waals surface area contributed by atoms with Crippen molar-refractivity contribution in [2.45, 2.75) is 37.3 Å². The first-order valence-corrected chi connectivity index (χ1v) is 13.3. The number of carbonyl (C=O) groups is 1. The molecular formula is C27H23Cl2N3O2S. The van der Waals surface area contributed by atoms with Crippen LogP contribution in [0.2, 0.25) is 10.0 Å². The number of aromatic nitrogens is 2. The minimum atomic E-state index is -0.175. The van der Waals surface area contributed by atoms with Crippen molar-refractivity contribution in [3.63, 3.8) is 0 Å². The van der Waals surface area contributed by atoms with Crippen molar-refractivity contribution in [2.24, 2.45) is 0 Å². The molecule has 8 heteroatoms. The van der Waals surface area contributed by atoms with Gasteiger partial charge < -0.3 is 5.32 Å². The Balaban J connectivity index is 1.30. The van der Waals surface area contributed by atoms with E-state index in [4.69, 9.17) is 28.2 Å². The third kappa shape index (κ3) is 5.25. The molecule has 1 heterocycles. The number of rotatable bonds is 7. The highest BCUT2D eigenvalue weighted by Crippen LogP contribution is 2.28. The van der Waals surface area contributed by atoms with Gasteiger partial charge in [-0.05, 0) is 79.3 Å². The Morgan fingerprint density at radius 3 is 2.69 bits per heavy atom. The van der Waals surface area contributed by atoms with Crippen LogP contribution in [0.4, 0.5) is 5.69 Å². The molecule has 0 unspecified atom stereocenters. The van der Waals surface area contributed by atoms with Crippen LogP contribution in [0, 0.1) is 0 Å². The van der Waals surface area contributed by atoms with Gasteiger partial charge in [0.05, 0.1) is 26.6 Å². The van der Waals surface area contributed by atoms with Crippen molar-refractivity contribution in [3.05, 3.63) is 92.2 Å². The SMILES string of the molecule is O=C(CCCSc1nc2ccccc2c(=O)n1-c1ccc(Cl)c(Cl)c1)Nc1ccc2c(c1)CCC2. The van der Waals surface area contributed by atoms with Gasteiger partial charge in [-0.3, -0.25) is 14.2 Å². The van der Waals surface area contributed by atoms with E-state index in [9.17, 15) is 9.59 Å². The Morgan fingerprint density at radius 2 is 1.83 bits per heavy atom. The molecule has 0 fully saturated rings. The number of aryl methyl sites for hydroxylation is 2. The minimum absolute atomic E-state index is 0.0168. The number of nitrogens with one attached hydrogen (secondary N) is 1. The number of hydrogen-bond acceptors (Lipinski definition) is 4. The molecule has 0 spiro atoms. The second-order valence-corrected chi connectivity index (χ2v) is 10.4. The van der Waals surface area contributed by atoms with Crippen LogP contribution in [0.5, 0.6) is 0 Å². The maximum Gasteiger partial charge on any atom is 0.266 e. The normalized spacial score (nSPS) is 12.6. The van der Waals surface area contributed by atoms with Crippen LogP contribution in [0.1, 0.15) is 30.4 Å². The van der Waals surface area contributed by atoms with Crippen molar-refractivity contribution in [1.82, 2.24) is 9.55 Å². The lowest BCUT2D eigenvalue weighted by atomic mass is 10.1. The summed E-state index contributed by atoms with van der Waals surface area (Å²) in [6.07, 6.45) is 4.41. The summed E-state index contributed by atoms with van der Waals surface area (Å²) in [5.74, 6) is 0.612. The highest BCUT2D eigenvalue weighted by atomic mass is 35.5. The van der Waals surface area contributed by atoms with Gasteiger partial charge in [0.1, 0.15) is 0 Å². The predicted molar refractivity (Wildman–Crippen MR) is 144 cm³/mol. The van der Waals surface area contributed by atoms with Gasteiger partial charge in [0.25, 0.3) is 5.56 Å². The molecule has 0 saturated carbocycles. The van der Waals surface area contributed by atoms with Crippen LogP contribution < -0.4 is 10.9 Å². The lowest BCUT2D eigenvalue weighted by Crippen LogP contribution is -2.22. The highest BCUT2D eigenvalue weighted by Gasteiger charge is 2.15. The Morgan fingerprint density at radius 1 is 1.00 bits per heavy atom. The van der Waals surface area contributed by atoms with Crippen molar-refractivity contribution in [2.75, 3.05) is 11.1 Å². The first-order chi connectivity index (χ1) is 17.0. The van der Waals surface area contributed by atoms with E-state index in [0.717, 1.165) is 18.5 Å². The number of amides is 1. The number of benzene rings is 3. The van der Waals surface area contributed by atoms with Crippen molar-refractivity contribution in [3.8, 4) is 5.69 Å². The molecule has 3 aromatic carbocycles. The van der Waals surface area contributed by atoms with E-state index in [1.54, 1.807) is 28.8 Å². The lowest BCUT2D eigenvalue weighted by Gasteiger charge is -2.14. The van der Waals surface area contributed by atoms with Crippen LogP contribution in [0.15, 0.2) is 70.6 Å². The summed E-state index contributed by atoms with van der Waals surface area (Å²) in [4.78, 5) is 30.6. The van der Waals surface area contributed by atoms with Crippen LogP contribution in [-0.2, 0) is 17.6 Å². The first kappa shape index (κ1) is 23.9. The lowest BCUT2D eigenvalue weighted by molar-refractivity contribution is -0.116. The molecule has 0 radical (unpaired) electrons. The molecule has 0 aliphatic heterocycles. The predicted octanol–water partition coefficient (Wildman–Crippen LogP) is 6.69. The standard InChI is InChI=1S/C27H23Cl2N3O2S/c28-22-13-12-20(16-23(22)29)32-26(34)21-7-1-2-8-24(21)31-27(32)35-14-4-9-25(33)30-19-11-10-17-5-3-6-18(17)15-19/h1-2,7-8,10-13,15-16H,3-6,9,14H2,(H,30,33). The smallest absolute Gasteiger partial charge is 0.266 e. The molecule has 1 aliphatic rings. The summed E-state index contributed by atoms with van der Waals surface area (Å²) in [6.45, 7) is 0. The van der Waals surface area contributed by atoms with Crippen LogP contribution in [-0.4, -0.2) is 21.2 Å². The Bertz CT molecular complexity index is 1490. The van der Waals surface area contributed by atoms with Gasteiger partial charge in [-0.2, -0.15) is 0 Å². The van der Waals surface area contributed by atoms with E-state index >= 15 is 0 Å². The molecule has 35 heavy (non-hydrogen) atoms. The fraction of sp³-hybridized carbons (Fsp3) is 0.222. The number of para-hydroxylation sites is 1. The Labute approximate surface area is 217 Å². The van der Waals surface area contributed by atoms with Crippen LogP contribution in [0.3, 0.4) is 0 Å². The maximum absolute atomic E-state index is 13.3. The van der Waals surface area contributed by atoms with Gasteiger partial charge in [-0.15, -0.1) is 0 Å². The summed E-state index contributed by atoms with van der Waals surface area (Å²) in [6, 6.07) is 18.5. The third-order valence-electron chi connectivity index (χ3n) is 6.07. The van der Waals surface area contributed by atoms with E-state index < -0.39 is 0 Å². The number of anilines is 1. The van der Waals surface area contributed by atoms with E-state index in [-0.39, 0.29) is 11.5 Å². The maximum atomic E-state index is 13.3. The first-order valence-electron chi connectivity index (χ1n) is 11.5. The fourth-order valence-corrected chi connectivity index (χ4v) is 5.57. The van der Waals surface area contributed by atoms with Gasteiger partial charge in [-0.1, -0.05) is 53.2 Å². The van der Waals surface area contributed by atoms with E-state index in [1.165, 1.54) is 29.3 Å². The summed E-state index contributed by atoms with van der Waals surface area (Å²) < 4.78 is 1.56. The second kappa shape index (κ2) is 10.4. The number of nitrogens with zero attached hydrogens (tertiary/aromatic N) is 2. The van der Waals surface area contributed by atoms with Crippen LogP contribution >= 0.6 is 35.0 Å². The van der Waals surface area contributed by atoms with Crippen molar-refractivity contribution in [1.29, 1.82) is 0 Å². The number of fused-ring (bicyclic) bond motifs is 2. The second-order valence-electron chi connectivity index (χ2n) is 8.49. The molecule has 0 saturated heterocycles. The summed E-state index contributed by atoms with van der Waals surface area (Å²) in [5, 5.41) is 4.86. The zero-order valence-electron chi connectivity index (χ0n) is 18.9. The average Bonchev–Trinajstić information content (AvgIpc) is 3.32. The van der Waals surface area contributed by atoms with Gasteiger partial charge in [0.15, 0.2) is 5.16 Å². The third-order valence-corrected chi connectivity index (χ3v) is 7.83. The molecule has 178 valence electrons. The van der Waals surface area contributed by atoms with Crippen molar-refractivity contribution < 1.29 is 4.79 Å². The zero-order chi connectivity index (χ0) is 24.4. The number of hydrogen-bond donors (Lipinski definition) is 1. The number of carbonyl (C=O) groups excluding carboxylic acids is 1. The van der Waals surface area contributed by atoms with E-state index in [2.05, 4.69) is 17.4 Å². The summed E-state index contributed by atoms with van der Waals surface area (Å²) in [5.41, 5.74) is 4.63. The molecule has 1 amide bonds. The fourth-order valence-electron chi connectivity index (χ4n) is 4.33. The molecule has 5 rings (SSSR count). The summed E-state index contributed by atoms with van der Waals surface area (Å²) >= 11 is 13.8. The van der Waals surface area contributed by atoms with E-state index in [0.29, 0.717) is 50.4 Å². The minimum Gasteiger partial charge on any atom is -0.326 e. The van der Waals surface area contributed by atoms with Gasteiger partial charge in [-0.25, -0.2) is 4.98 Å². The topological polar surface area (TPSA) is 64.0 Å². The molecule has 4 aromatic rings. The Kier molecular flexibility index (Phi) is 7.14. The van der Waals surface area contributed by atoms with Crippen molar-refractivity contribution >= 4 is 57.5 Å². The van der Waals surface area contributed by atoms with Gasteiger partial charge >= 0.3 is 0 Å². The number of halogens is 2. The van der Waals surface area contributed by atoms with Gasteiger partial charge in [0.2, 0.25) is 5.91 Å². The molecule has 0 atom stereocenters. The molecular weight excluding hydrogens is 501 g/mol. The molecule has 1 N–H and O–H groups in total. The summed E-state index contributed by atoms with van der Waals surface area (Å²) in [7, 11) is 0. The average molecular weight is 524 g/mol. The van der Waals surface area contributed by atoms with Crippen LogP contribution in [0.25, 0.3) is 16.6 Å². The number of thioether (sulfide) groups is 1. The van der Waals surface area contributed by atoms with Gasteiger partial charge in [0, 0.05) is 17.9 Å². The quantitative estimate of drug-likeness (QED) is 0.166. The Hall–Kier alpha value is -2.80. The zero-order valence-corrected chi connectivity index (χ0v) is 21.2. The largest absolute Gasteiger partial charge is 0.326 e. The monoisotopic (exact) mass is 523 g/mol. The highest BCUT2D eigenvalue weighted by molar-refractivity contribution is 7.99. The molecule has 5 nitrogen and oxygen atoms in total. The van der Waals surface area contributed by atoms with E-state index in [1.807, 2.05) is 24.3 Å². The molecule has 1 aromatic heterocycles.